The van der Waals surface area contributed by atoms with Crippen molar-refractivity contribution in [3.63, 3.8) is 0 Å². The lowest BCUT2D eigenvalue weighted by Crippen LogP contribution is -2.25. The van der Waals surface area contributed by atoms with Crippen molar-refractivity contribution in [1.82, 2.24) is 9.55 Å². The zero-order chi connectivity index (χ0) is 67.1. The Labute approximate surface area is 564 Å². The lowest BCUT2D eigenvalue weighted by molar-refractivity contribution is 0.483. The number of thiophene rings is 1. The smallest absolute Gasteiger partial charge is 0.137 e. The van der Waals surface area contributed by atoms with Gasteiger partial charge in [0.05, 0.1) is 28.1 Å². The van der Waals surface area contributed by atoms with E-state index in [4.69, 9.17) is 9.72 Å². The van der Waals surface area contributed by atoms with Crippen molar-refractivity contribution < 1.29 is 4.74 Å². The fraction of sp³-hybridized carbons (Fsp3) is 0.330. The van der Waals surface area contributed by atoms with Gasteiger partial charge < -0.3 is 14.5 Å². The van der Waals surface area contributed by atoms with Crippen LogP contribution < -0.4 is 14.5 Å². The van der Waals surface area contributed by atoms with Gasteiger partial charge in [-0.3, -0.25) is 4.57 Å². The lowest BCUT2D eigenvalue weighted by atomic mass is 9.74. The molecular formula is C88H96N4OS. The van der Waals surface area contributed by atoms with Gasteiger partial charge in [-0.1, -0.05) is 255 Å². The molecule has 13 rings (SSSR count). The fourth-order valence-electron chi connectivity index (χ4n) is 14.0. The predicted molar refractivity (Wildman–Crippen MR) is 407 cm³/mol. The van der Waals surface area contributed by atoms with E-state index in [0.717, 1.165) is 51.0 Å². The SMILES string of the molecule is CC(C)(C)c1cc(-c2cccc(-c3cc(C(C)(C)C)cc(C(C)(C)C)c3)c2N2CN(c3cc(Oc4ccc5c6c7sc8ccccc8c7ccc6n(-c6cc(C(C)(C)C)ccn6)c5c4)cc(-c4c(C(C)(C)C)cccc4C(C)(C)C)c3)c3ccccc32)cc(C(C)(C)C)c1. The second kappa shape index (κ2) is 22.6. The number of anilines is 4. The average molecular weight is 1260 g/mol. The highest BCUT2D eigenvalue weighted by Crippen LogP contribution is 2.54. The maximum absolute atomic E-state index is 7.54. The second-order valence-electron chi connectivity index (χ2n) is 33.9. The standard InChI is InChI=1S/C88H96N4OS/c1-82(2,3)57-40-41-89-77(50-57)92-74-39-38-68-67-28-22-25-35-76(67)94-81(68)79(74)69-37-36-63(52-75(69)92)93-64-47-56(78-70(87(16,17)18)31-27-32-71(78)88(19,20)21)46-62(51-64)90-53-91(73-34-24-23-33-72(73)90)80-65(54-42-58(83(4,5)6)48-59(43-54)84(7,8)9)29-26-30-66(80)55-44-60(85(10,11)12)49-61(45-55)86(13,14)15/h22-52H,53H2,1-21H3. The minimum atomic E-state index is -0.171. The van der Waals surface area contributed by atoms with Gasteiger partial charge in [0.25, 0.3) is 0 Å². The summed E-state index contributed by atoms with van der Waals surface area (Å²) in [5.41, 5.74) is 22.3. The van der Waals surface area contributed by atoms with E-state index in [0.29, 0.717) is 6.67 Å². The van der Waals surface area contributed by atoms with Gasteiger partial charge >= 0.3 is 0 Å². The number of benzene rings is 9. The quantitative estimate of drug-likeness (QED) is 0.152. The molecule has 12 aromatic rings. The van der Waals surface area contributed by atoms with Crippen molar-refractivity contribution in [2.75, 3.05) is 16.5 Å². The molecule has 0 saturated heterocycles. The van der Waals surface area contributed by atoms with E-state index in [-0.39, 0.29) is 37.9 Å². The molecule has 0 atom stereocenters. The minimum absolute atomic E-state index is 0.0778. The van der Waals surface area contributed by atoms with Gasteiger partial charge in [-0.05, 0) is 160 Å². The second-order valence-corrected chi connectivity index (χ2v) is 35.0. The Morgan fingerprint density at radius 3 is 1.46 bits per heavy atom. The molecule has 94 heavy (non-hydrogen) atoms. The summed E-state index contributed by atoms with van der Waals surface area (Å²) in [7, 11) is 0. The summed E-state index contributed by atoms with van der Waals surface area (Å²) in [4.78, 5) is 10.3. The molecule has 1 aliphatic heterocycles. The molecule has 5 nitrogen and oxygen atoms in total. The zero-order valence-corrected chi connectivity index (χ0v) is 60.5. The summed E-state index contributed by atoms with van der Waals surface area (Å²) in [6, 6.07) is 69.4. The van der Waals surface area contributed by atoms with E-state index >= 15 is 0 Å². The van der Waals surface area contributed by atoms with Crippen molar-refractivity contribution in [1.29, 1.82) is 0 Å². The molecule has 480 valence electrons. The van der Waals surface area contributed by atoms with E-state index in [1.165, 1.54) is 103 Å². The highest BCUT2D eigenvalue weighted by Gasteiger charge is 2.35. The molecule has 4 heterocycles. The third kappa shape index (κ3) is 11.8. The van der Waals surface area contributed by atoms with Gasteiger partial charge in [0.1, 0.15) is 24.0 Å². The third-order valence-electron chi connectivity index (χ3n) is 19.5. The van der Waals surface area contributed by atoms with Crippen molar-refractivity contribution in [2.45, 2.75) is 183 Å². The molecule has 0 saturated carbocycles. The molecule has 0 fully saturated rings. The zero-order valence-electron chi connectivity index (χ0n) is 59.7. The van der Waals surface area contributed by atoms with Crippen LogP contribution in [0.3, 0.4) is 0 Å². The normalized spacial score (nSPS) is 13.7. The highest BCUT2D eigenvalue weighted by atomic mass is 32.1. The van der Waals surface area contributed by atoms with Crippen LogP contribution in [0.1, 0.15) is 184 Å². The molecule has 6 heteroatoms. The van der Waals surface area contributed by atoms with Crippen LogP contribution in [0.15, 0.2) is 188 Å². The molecule has 0 aliphatic carbocycles. The highest BCUT2D eigenvalue weighted by molar-refractivity contribution is 7.26. The molecule has 3 aromatic heterocycles. The van der Waals surface area contributed by atoms with Crippen LogP contribution in [0.2, 0.25) is 0 Å². The predicted octanol–water partition coefficient (Wildman–Crippen LogP) is 25.7. The Hall–Kier alpha value is -8.45. The monoisotopic (exact) mass is 1260 g/mol. The number of nitrogens with zero attached hydrogens (tertiary/aromatic N) is 4. The molecule has 1 aliphatic rings. The number of rotatable bonds is 8. The number of fused-ring (bicyclic) bond motifs is 8. The first-order valence-electron chi connectivity index (χ1n) is 33.9. The largest absolute Gasteiger partial charge is 0.457 e. The topological polar surface area (TPSA) is 33.5 Å². The van der Waals surface area contributed by atoms with E-state index in [2.05, 4.69) is 342 Å². The van der Waals surface area contributed by atoms with Crippen LogP contribution in [-0.4, -0.2) is 16.2 Å². The summed E-state index contributed by atoms with van der Waals surface area (Å²) in [5.74, 6) is 2.40. The molecule has 0 spiro atoms. The Kier molecular flexibility index (Phi) is 15.5. The molecular weight excluding hydrogens is 1160 g/mol. The van der Waals surface area contributed by atoms with Crippen LogP contribution in [0.25, 0.3) is 81.2 Å². The molecule has 0 bridgehead atoms. The van der Waals surface area contributed by atoms with Gasteiger partial charge in [0, 0.05) is 66.1 Å². The van der Waals surface area contributed by atoms with Crippen LogP contribution in [0.5, 0.6) is 11.5 Å². The Morgan fingerprint density at radius 2 is 0.904 bits per heavy atom. The molecule has 0 amide bonds. The van der Waals surface area contributed by atoms with Gasteiger partial charge in [0.2, 0.25) is 0 Å². The maximum Gasteiger partial charge on any atom is 0.137 e. The van der Waals surface area contributed by atoms with Crippen LogP contribution in [-0.2, 0) is 37.9 Å². The van der Waals surface area contributed by atoms with Gasteiger partial charge in [-0.2, -0.15) is 0 Å². The fourth-order valence-corrected chi connectivity index (χ4v) is 15.3. The number of pyridine rings is 1. The van der Waals surface area contributed by atoms with E-state index in [9.17, 15) is 0 Å². The van der Waals surface area contributed by atoms with E-state index in [1.807, 2.05) is 17.5 Å². The first-order valence-corrected chi connectivity index (χ1v) is 34.7. The first kappa shape index (κ1) is 64.3. The van der Waals surface area contributed by atoms with E-state index in [1.54, 1.807) is 0 Å². The lowest BCUT2D eigenvalue weighted by Gasteiger charge is -2.31. The van der Waals surface area contributed by atoms with Gasteiger partial charge in [-0.15, -0.1) is 11.3 Å². The Bertz CT molecular complexity index is 4770. The third-order valence-corrected chi connectivity index (χ3v) is 20.7. The summed E-state index contributed by atoms with van der Waals surface area (Å²) in [6.45, 7) is 49.6. The van der Waals surface area contributed by atoms with Crippen LogP contribution in [0.4, 0.5) is 22.7 Å². The van der Waals surface area contributed by atoms with Crippen molar-refractivity contribution in [2.24, 2.45) is 0 Å². The maximum atomic E-state index is 7.54. The number of para-hydroxylation sites is 3. The number of hydrogen-bond acceptors (Lipinski definition) is 5. The summed E-state index contributed by atoms with van der Waals surface area (Å²) in [6.07, 6.45) is 1.97. The number of aromatic nitrogens is 2. The van der Waals surface area contributed by atoms with E-state index < -0.39 is 0 Å². The molecule has 0 N–H and O–H groups in total. The molecule has 9 aromatic carbocycles. The summed E-state index contributed by atoms with van der Waals surface area (Å²) in [5, 5.41) is 4.95. The van der Waals surface area contributed by atoms with Gasteiger partial charge in [-0.25, -0.2) is 4.98 Å². The van der Waals surface area contributed by atoms with Crippen molar-refractivity contribution >= 4 is 76.1 Å². The Morgan fingerprint density at radius 1 is 0.383 bits per heavy atom. The average Bonchev–Trinajstić information content (AvgIpc) is 1.55. The summed E-state index contributed by atoms with van der Waals surface area (Å²) >= 11 is 1.87. The van der Waals surface area contributed by atoms with Crippen LogP contribution in [0, 0.1) is 0 Å². The summed E-state index contributed by atoms with van der Waals surface area (Å²) < 4.78 is 12.5. The van der Waals surface area contributed by atoms with Gasteiger partial charge in [0.15, 0.2) is 0 Å². The van der Waals surface area contributed by atoms with Crippen molar-refractivity contribution in [3.05, 3.63) is 227 Å². The number of ether oxygens (including phenoxy) is 1. The molecule has 0 radical (unpaired) electrons. The number of hydrogen-bond donors (Lipinski definition) is 0. The Balaban J connectivity index is 1.05. The first-order chi connectivity index (χ1) is 44.0. The van der Waals surface area contributed by atoms with Crippen molar-refractivity contribution in [3.8, 4) is 50.7 Å². The minimum Gasteiger partial charge on any atom is -0.457 e. The molecule has 0 unspecified atom stereocenters. The van der Waals surface area contributed by atoms with Crippen LogP contribution >= 0.6 is 11.3 Å².